The number of hydrogen-bond donors (Lipinski definition) is 3. The van der Waals surface area contributed by atoms with Crippen LogP contribution < -0.4 is 16.4 Å². The van der Waals surface area contributed by atoms with Crippen LogP contribution in [0.1, 0.15) is 6.92 Å². The lowest BCUT2D eigenvalue weighted by Gasteiger charge is -2.05. The number of anilines is 2. The van der Waals surface area contributed by atoms with Gasteiger partial charge < -0.3 is 16.4 Å². The summed E-state index contributed by atoms with van der Waals surface area (Å²) in [7, 11) is 0. The van der Waals surface area contributed by atoms with E-state index in [1.54, 1.807) is 18.3 Å². The number of hydrogen-bond acceptors (Lipinski definition) is 4. The quantitative estimate of drug-likeness (QED) is 0.640. The van der Waals surface area contributed by atoms with Crippen molar-refractivity contribution in [3.8, 4) is 0 Å². The molecule has 5 nitrogen and oxygen atoms in total. The molecule has 0 unspecified atom stereocenters. The number of nitrogen functional groups attached to an aromatic ring is 1. The minimum Gasteiger partial charge on any atom is -0.384 e. The summed E-state index contributed by atoms with van der Waals surface area (Å²) in [5.74, 6) is 0.429. The van der Waals surface area contributed by atoms with Crippen LogP contribution in [-0.2, 0) is 4.79 Å². The fourth-order valence-corrected chi connectivity index (χ4v) is 0.952. The van der Waals surface area contributed by atoms with Gasteiger partial charge in [-0.15, -0.1) is 0 Å². The maximum atomic E-state index is 11.1. The van der Waals surface area contributed by atoms with Crippen molar-refractivity contribution in [3.05, 3.63) is 18.3 Å². The number of carbonyl (C=O) groups excluding carboxylic acids is 1. The highest BCUT2D eigenvalue weighted by molar-refractivity contribution is 5.80. The molecular formula is C9H14N4O. The van der Waals surface area contributed by atoms with Gasteiger partial charge in [0.05, 0.1) is 18.4 Å². The van der Waals surface area contributed by atoms with E-state index in [1.165, 1.54) is 0 Å². The second-order valence-corrected chi connectivity index (χ2v) is 2.78. The van der Waals surface area contributed by atoms with Gasteiger partial charge in [-0.2, -0.15) is 0 Å². The normalized spacial score (nSPS) is 9.50. The maximum Gasteiger partial charge on any atom is 0.239 e. The molecule has 4 N–H and O–H groups in total. The van der Waals surface area contributed by atoms with Crippen molar-refractivity contribution in [1.29, 1.82) is 0 Å². The number of rotatable bonds is 4. The molecule has 1 aromatic heterocycles. The van der Waals surface area contributed by atoms with Crippen molar-refractivity contribution in [3.63, 3.8) is 0 Å². The van der Waals surface area contributed by atoms with E-state index in [1.807, 2.05) is 6.92 Å². The monoisotopic (exact) mass is 194 g/mol. The largest absolute Gasteiger partial charge is 0.384 e. The number of nitrogens with zero attached hydrogens (tertiary/aromatic N) is 1. The number of nitrogens with two attached hydrogens (primary N) is 1. The van der Waals surface area contributed by atoms with Crippen LogP contribution in [-0.4, -0.2) is 24.0 Å². The third kappa shape index (κ3) is 3.30. The smallest absolute Gasteiger partial charge is 0.239 e. The molecule has 0 aromatic carbocycles. The molecule has 0 aliphatic rings. The van der Waals surface area contributed by atoms with Crippen LogP contribution in [0, 0.1) is 0 Å². The molecule has 1 heterocycles. The van der Waals surface area contributed by atoms with Crippen LogP contribution >= 0.6 is 0 Å². The van der Waals surface area contributed by atoms with Crippen LogP contribution in [0.3, 0.4) is 0 Å². The van der Waals surface area contributed by atoms with Crippen molar-refractivity contribution in [2.45, 2.75) is 6.92 Å². The Morgan fingerprint density at radius 2 is 2.36 bits per heavy atom. The zero-order valence-electron chi connectivity index (χ0n) is 8.08. The van der Waals surface area contributed by atoms with Gasteiger partial charge in [-0.05, 0) is 19.1 Å². The van der Waals surface area contributed by atoms with E-state index in [2.05, 4.69) is 15.6 Å². The topological polar surface area (TPSA) is 80.0 Å². The Morgan fingerprint density at radius 3 is 2.93 bits per heavy atom. The summed E-state index contributed by atoms with van der Waals surface area (Å²) in [6, 6.07) is 3.46. The van der Waals surface area contributed by atoms with E-state index in [9.17, 15) is 4.79 Å². The molecule has 14 heavy (non-hydrogen) atoms. The van der Waals surface area contributed by atoms with E-state index in [0.29, 0.717) is 12.4 Å². The van der Waals surface area contributed by atoms with Crippen LogP contribution in [0.25, 0.3) is 0 Å². The fourth-order valence-electron chi connectivity index (χ4n) is 0.952. The number of amides is 1. The first-order valence-electron chi connectivity index (χ1n) is 4.44. The summed E-state index contributed by atoms with van der Waals surface area (Å²) in [6.45, 7) is 2.77. The van der Waals surface area contributed by atoms with Crippen LogP contribution in [0.2, 0.25) is 0 Å². The summed E-state index contributed by atoms with van der Waals surface area (Å²) in [4.78, 5) is 15.0. The second-order valence-electron chi connectivity index (χ2n) is 2.78. The summed E-state index contributed by atoms with van der Waals surface area (Å²) in [5, 5.41) is 5.61. The van der Waals surface area contributed by atoms with Gasteiger partial charge in [-0.1, -0.05) is 0 Å². The maximum absolute atomic E-state index is 11.1. The van der Waals surface area contributed by atoms with Crippen molar-refractivity contribution < 1.29 is 4.79 Å². The van der Waals surface area contributed by atoms with Crippen LogP contribution in [0.4, 0.5) is 11.5 Å². The van der Waals surface area contributed by atoms with Gasteiger partial charge in [0.1, 0.15) is 5.82 Å². The Morgan fingerprint density at radius 1 is 1.57 bits per heavy atom. The molecule has 0 radical (unpaired) electrons. The van der Waals surface area contributed by atoms with E-state index in [-0.39, 0.29) is 12.5 Å². The molecule has 5 heteroatoms. The van der Waals surface area contributed by atoms with Gasteiger partial charge in [-0.3, -0.25) is 4.79 Å². The van der Waals surface area contributed by atoms with Crippen LogP contribution in [0.5, 0.6) is 0 Å². The number of likely N-dealkylation sites (N-methyl/N-ethyl adjacent to an activating group) is 1. The zero-order chi connectivity index (χ0) is 10.4. The van der Waals surface area contributed by atoms with Gasteiger partial charge in [-0.25, -0.2) is 4.98 Å². The van der Waals surface area contributed by atoms with E-state index >= 15 is 0 Å². The van der Waals surface area contributed by atoms with E-state index in [0.717, 1.165) is 5.69 Å². The molecule has 76 valence electrons. The Labute approximate surface area is 82.7 Å². The third-order valence-corrected chi connectivity index (χ3v) is 1.61. The molecule has 0 atom stereocenters. The average molecular weight is 194 g/mol. The molecule has 1 aromatic rings. The molecule has 1 amide bonds. The first-order valence-corrected chi connectivity index (χ1v) is 4.44. The van der Waals surface area contributed by atoms with E-state index in [4.69, 9.17) is 5.73 Å². The highest BCUT2D eigenvalue weighted by atomic mass is 16.1. The van der Waals surface area contributed by atoms with Gasteiger partial charge >= 0.3 is 0 Å². The van der Waals surface area contributed by atoms with Crippen molar-refractivity contribution in [2.24, 2.45) is 0 Å². The minimum absolute atomic E-state index is 0.0377. The zero-order valence-corrected chi connectivity index (χ0v) is 8.08. The van der Waals surface area contributed by atoms with Crippen molar-refractivity contribution in [2.75, 3.05) is 24.1 Å². The molecule has 0 saturated heterocycles. The molecule has 0 aliphatic carbocycles. The molecule has 0 spiro atoms. The molecular weight excluding hydrogens is 180 g/mol. The summed E-state index contributed by atoms with van der Waals surface area (Å²) in [5.41, 5.74) is 6.19. The van der Waals surface area contributed by atoms with Crippen LogP contribution in [0.15, 0.2) is 18.3 Å². The molecule has 1 rings (SSSR count). The molecule has 0 aliphatic heterocycles. The molecule has 0 fully saturated rings. The predicted molar refractivity (Wildman–Crippen MR) is 55.8 cm³/mol. The highest BCUT2D eigenvalue weighted by Crippen LogP contribution is 2.05. The summed E-state index contributed by atoms with van der Waals surface area (Å²) < 4.78 is 0. The standard InChI is InChI=1S/C9H14N4O/c1-2-11-9(14)6-12-7-3-4-8(10)13-5-7/h3-5,12H,2,6H2,1H3,(H2,10,13)(H,11,14). The number of carbonyl (C=O) groups is 1. The van der Waals surface area contributed by atoms with Gasteiger partial charge in [0.2, 0.25) is 5.91 Å². The lowest BCUT2D eigenvalue weighted by Crippen LogP contribution is -2.29. The predicted octanol–water partition coefficient (Wildman–Crippen LogP) is 0.212. The third-order valence-electron chi connectivity index (χ3n) is 1.61. The molecule has 0 saturated carbocycles. The number of aromatic nitrogens is 1. The SMILES string of the molecule is CCNC(=O)CNc1ccc(N)nc1. The Kier molecular flexibility index (Phi) is 3.72. The highest BCUT2D eigenvalue weighted by Gasteiger charge is 1.98. The van der Waals surface area contributed by atoms with Gasteiger partial charge in [0, 0.05) is 6.54 Å². The lowest BCUT2D eigenvalue weighted by atomic mass is 10.4. The fraction of sp³-hybridized carbons (Fsp3) is 0.333. The van der Waals surface area contributed by atoms with Gasteiger partial charge in [0.15, 0.2) is 0 Å². The second kappa shape index (κ2) is 5.06. The van der Waals surface area contributed by atoms with Crippen molar-refractivity contribution >= 4 is 17.4 Å². The lowest BCUT2D eigenvalue weighted by molar-refractivity contribution is -0.119. The Hall–Kier alpha value is -1.78. The van der Waals surface area contributed by atoms with E-state index < -0.39 is 0 Å². The minimum atomic E-state index is -0.0377. The Balaban J connectivity index is 2.38. The first kappa shape index (κ1) is 10.3. The van der Waals surface area contributed by atoms with Gasteiger partial charge in [0.25, 0.3) is 0 Å². The number of nitrogens with one attached hydrogen (secondary N) is 2. The summed E-state index contributed by atoms with van der Waals surface area (Å²) in [6.07, 6.45) is 1.59. The molecule has 0 bridgehead atoms. The number of pyridine rings is 1. The summed E-state index contributed by atoms with van der Waals surface area (Å²) >= 11 is 0. The first-order chi connectivity index (χ1) is 6.72. The van der Waals surface area contributed by atoms with Crippen molar-refractivity contribution in [1.82, 2.24) is 10.3 Å². The average Bonchev–Trinajstić information content (AvgIpc) is 2.17. The Bertz CT molecular complexity index is 296.